The lowest BCUT2D eigenvalue weighted by molar-refractivity contribution is 0.0696. The second kappa shape index (κ2) is 9.44. The van der Waals surface area contributed by atoms with E-state index in [4.69, 9.17) is 4.74 Å². The topological polar surface area (TPSA) is 75.6 Å². The Morgan fingerprint density at radius 1 is 1.03 bits per heavy atom. The van der Waals surface area contributed by atoms with E-state index < -0.39 is 5.97 Å². The van der Waals surface area contributed by atoms with Crippen LogP contribution in [0.5, 0.6) is 5.75 Å². The minimum atomic E-state index is -0.988. The number of rotatable bonds is 8. The van der Waals surface area contributed by atoms with E-state index in [1.54, 1.807) is 12.1 Å². The van der Waals surface area contributed by atoms with E-state index in [0.29, 0.717) is 30.2 Å². The highest BCUT2D eigenvalue weighted by molar-refractivity contribution is 5.99. The van der Waals surface area contributed by atoms with Crippen LogP contribution in [-0.4, -0.2) is 30.6 Å². The number of ether oxygens (including phenoxy) is 1. The highest BCUT2D eigenvalue weighted by Gasteiger charge is 2.13. The van der Waals surface area contributed by atoms with Crippen LogP contribution in [0.2, 0.25) is 0 Å². The zero-order chi connectivity index (χ0) is 21.7. The second-order valence-corrected chi connectivity index (χ2v) is 7.59. The predicted octanol–water partition coefficient (Wildman–Crippen LogP) is 4.91. The lowest BCUT2D eigenvalue weighted by Gasteiger charge is -2.13. The Balaban J connectivity index is 1.93. The molecule has 0 saturated carbocycles. The van der Waals surface area contributed by atoms with E-state index in [-0.39, 0.29) is 11.5 Å². The zero-order valence-corrected chi connectivity index (χ0v) is 17.6. The fourth-order valence-electron chi connectivity index (χ4n) is 3.37. The molecule has 0 aliphatic carbocycles. The third-order valence-corrected chi connectivity index (χ3v) is 5.46. The molecule has 30 heavy (non-hydrogen) atoms. The van der Waals surface area contributed by atoms with Crippen molar-refractivity contribution in [3.8, 4) is 5.75 Å². The van der Waals surface area contributed by atoms with Crippen LogP contribution in [0, 0.1) is 5.92 Å². The van der Waals surface area contributed by atoms with Crippen molar-refractivity contribution < 1.29 is 19.4 Å². The van der Waals surface area contributed by atoms with Crippen LogP contribution in [0.3, 0.4) is 0 Å². The minimum absolute atomic E-state index is 0.0737. The van der Waals surface area contributed by atoms with E-state index in [2.05, 4.69) is 19.2 Å². The van der Waals surface area contributed by atoms with Crippen LogP contribution < -0.4 is 10.1 Å². The van der Waals surface area contributed by atoms with Crippen molar-refractivity contribution in [3.05, 3.63) is 76.9 Å². The fourth-order valence-corrected chi connectivity index (χ4v) is 3.37. The molecule has 0 aliphatic rings. The van der Waals surface area contributed by atoms with Gasteiger partial charge in [-0.25, -0.2) is 4.79 Å². The van der Waals surface area contributed by atoms with E-state index >= 15 is 0 Å². The number of amides is 1. The van der Waals surface area contributed by atoms with E-state index in [1.807, 2.05) is 36.4 Å². The molecule has 5 heteroatoms. The average molecular weight is 405 g/mol. The van der Waals surface area contributed by atoms with Gasteiger partial charge >= 0.3 is 5.97 Å². The summed E-state index contributed by atoms with van der Waals surface area (Å²) in [5.74, 6) is -0.0889. The number of carbonyl (C=O) groups is 2. The van der Waals surface area contributed by atoms with Gasteiger partial charge in [0.05, 0.1) is 12.7 Å². The van der Waals surface area contributed by atoms with E-state index in [1.165, 1.54) is 13.2 Å². The lowest BCUT2D eigenvalue weighted by atomic mass is 9.95. The molecule has 156 valence electrons. The van der Waals surface area contributed by atoms with E-state index in [9.17, 15) is 14.7 Å². The number of hydrogen-bond donors (Lipinski definition) is 2. The smallest absolute Gasteiger partial charge is 0.335 e. The summed E-state index contributed by atoms with van der Waals surface area (Å²) in [5.41, 5.74) is 2.76. The largest absolute Gasteiger partial charge is 0.496 e. The SMILES string of the molecule is CCC(C)CNC(=O)c1ccc2cccc(Cc3ccc(C(=O)O)cc3OC)c2c1. The maximum atomic E-state index is 12.6. The van der Waals surface area contributed by atoms with Crippen LogP contribution in [-0.2, 0) is 6.42 Å². The van der Waals surface area contributed by atoms with Crippen molar-refractivity contribution in [1.29, 1.82) is 0 Å². The van der Waals surface area contributed by atoms with Crippen LogP contribution in [0.4, 0.5) is 0 Å². The van der Waals surface area contributed by atoms with Crippen molar-refractivity contribution in [3.63, 3.8) is 0 Å². The first kappa shape index (κ1) is 21.4. The van der Waals surface area contributed by atoms with Crippen LogP contribution >= 0.6 is 0 Å². The molecule has 3 aromatic carbocycles. The van der Waals surface area contributed by atoms with Gasteiger partial charge in [-0.2, -0.15) is 0 Å². The zero-order valence-electron chi connectivity index (χ0n) is 17.6. The highest BCUT2D eigenvalue weighted by atomic mass is 16.5. The molecule has 5 nitrogen and oxygen atoms in total. The first-order chi connectivity index (χ1) is 14.4. The van der Waals surface area contributed by atoms with Gasteiger partial charge in [-0.1, -0.05) is 50.6 Å². The molecule has 3 aromatic rings. The maximum absolute atomic E-state index is 12.6. The summed E-state index contributed by atoms with van der Waals surface area (Å²) in [6.45, 7) is 4.88. The monoisotopic (exact) mass is 405 g/mol. The second-order valence-electron chi connectivity index (χ2n) is 7.59. The molecular formula is C25H27NO4. The van der Waals surface area contributed by atoms with Gasteiger partial charge in [-0.3, -0.25) is 4.79 Å². The number of hydrogen-bond acceptors (Lipinski definition) is 3. The van der Waals surface area contributed by atoms with Crippen molar-refractivity contribution in [2.75, 3.05) is 13.7 Å². The Kier molecular flexibility index (Phi) is 6.72. The average Bonchev–Trinajstić information content (AvgIpc) is 2.77. The predicted molar refractivity (Wildman–Crippen MR) is 118 cm³/mol. The fraction of sp³-hybridized carbons (Fsp3) is 0.280. The number of carboxylic acid groups (broad SMARTS) is 1. The van der Waals surface area contributed by atoms with Gasteiger partial charge in [-0.05, 0) is 52.1 Å². The third-order valence-electron chi connectivity index (χ3n) is 5.46. The van der Waals surface area contributed by atoms with Gasteiger partial charge in [0.15, 0.2) is 0 Å². The van der Waals surface area contributed by atoms with Gasteiger partial charge in [0, 0.05) is 18.5 Å². The highest BCUT2D eigenvalue weighted by Crippen LogP contribution is 2.28. The molecule has 1 amide bonds. The summed E-state index contributed by atoms with van der Waals surface area (Å²) in [4.78, 5) is 23.8. The molecule has 0 spiro atoms. The Bertz CT molecular complexity index is 1070. The first-order valence-corrected chi connectivity index (χ1v) is 10.1. The number of benzene rings is 3. The number of aromatic carboxylic acids is 1. The van der Waals surface area contributed by atoms with Gasteiger partial charge in [0.1, 0.15) is 5.75 Å². The molecule has 1 unspecified atom stereocenters. The number of methoxy groups -OCH3 is 1. The molecule has 0 radical (unpaired) electrons. The Hall–Kier alpha value is -3.34. The number of nitrogens with one attached hydrogen (secondary N) is 1. The quantitative estimate of drug-likeness (QED) is 0.558. The maximum Gasteiger partial charge on any atom is 0.335 e. The van der Waals surface area contributed by atoms with Crippen molar-refractivity contribution in [2.45, 2.75) is 26.7 Å². The lowest BCUT2D eigenvalue weighted by Crippen LogP contribution is -2.28. The minimum Gasteiger partial charge on any atom is -0.496 e. The molecule has 0 aliphatic heterocycles. The Morgan fingerprint density at radius 3 is 2.50 bits per heavy atom. The first-order valence-electron chi connectivity index (χ1n) is 10.1. The summed E-state index contributed by atoms with van der Waals surface area (Å²) in [5, 5.41) is 14.3. The molecule has 0 bridgehead atoms. The summed E-state index contributed by atoms with van der Waals surface area (Å²) in [7, 11) is 1.54. The van der Waals surface area contributed by atoms with Crippen LogP contribution in [0.15, 0.2) is 54.6 Å². The number of carbonyl (C=O) groups excluding carboxylic acids is 1. The molecule has 3 rings (SSSR count). The standard InChI is InChI=1S/C25H27NO4/c1-4-16(2)15-26-24(27)20-10-8-17-6-5-7-18(22(17)13-20)12-19-9-11-21(25(28)29)14-23(19)30-3/h5-11,13-14,16H,4,12,15H2,1-3H3,(H,26,27)(H,28,29). The van der Waals surface area contributed by atoms with Gasteiger partial charge in [-0.15, -0.1) is 0 Å². The number of fused-ring (bicyclic) bond motifs is 1. The van der Waals surface area contributed by atoms with Crippen LogP contribution in [0.1, 0.15) is 52.1 Å². The molecular weight excluding hydrogens is 378 g/mol. The molecule has 0 saturated heterocycles. The molecule has 1 atom stereocenters. The van der Waals surface area contributed by atoms with Gasteiger partial charge in [0.2, 0.25) is 0 Å². The molecule has 0 aromatic heterocycles. The summed E-state index contributed by atoms with van der Waals surface area (Å²) < 4.78 is 5.42. The van der Waals surface area contributed by atoms with E-state index in [0.717, 1.165) is 28.3 Å². The summed E-state index contributed by atoms with van der Waals surface area (Å²) in [6, 6.07) is 16.7. The summed E-state index contributed by atoms with van der Waals surface area (Å²) >= 11 is 0. The molecule has 2 N–H and O–H groups in total. The molecule has 0 fully saturated rings. The van der Waals surface area contributed by atoms with Gasteiger partial charge in [0.25, 0.3) is 5.91 Å². The third kappa shape index (κ3) is 4.79. The Morgan fingerprint density at radius 2 is 1.80 bits per heavy atom. The number of carboxylic acids is 1. The molecule has 0 heterocycles. The van der Waals surface area contributed by atoms with Crippen molar-refractivity contribution in [1.82, 2.24) is 5.32 Å². The van der Waals surface area contributed by atoms with Crippen molar-refractivity contribution in [2.24, 2.45) is 5.92 Å². The van der Waals surface area contributed by atoms with Crippen LogP contribution in [0.25, 0.3) is 10.8 Å². The Labute approximate surface area is 176 Å². The van der Waals surface area contributed by atoms with Gasteiger partial charge < -0.3 is 15.2 Å². The normalized spacial score (nSPS) is 11.8. The summed E-state index contributed by atoms with van der Waals surface area (Å²) in [6.07, 6.45) is 1.59. The van der Waals surface area contributed by atoms with Crippen molar-refractivity contribution >= 4 is 22.6 Å².